The van der Waals surface area contributed by atoms with Gasteiger partial charge in [-0.25, -0.2) is 8.42 Å². The molecule has 0 aromatic heterocycles. The Morgan fingerprint density at radius 1 is 1.11 bits per heavy atom. The van der Waals surface area contributed by atoms with Crippen LogP contribution in [0.4, 0.5) is 5.69 Å². The first-order valence-corrected chi connectivity index (χ1v) is 14.2. The maximum Gasteiger partial charge on any atom is 0.242 e. The van der Waals surface area contributed by atoms with Crippen LogP contribution in [-0.4, -0.2) is 57.6 Å². The first-order chi connectivity index (χ1) is 17.0. The van der Waals surface area contributed by atoms with Crippen molar-refractivity contribution in [2.45, 2.75) is 45.7 Å². The molecule has 1 N–H and O–H groups in total. The summed E-state index contributed by atoms with van der Waals surface area (Å²) in [4.78, 5) is 27.4. The summed E-state index contributed by atoms with van der Waals surface area (Å²) in [7, 11) is -2.05. The van der Waals surface area contributed by atoms with Crippen molar-refractivity contribution in [2.24, 2.45) is 0 Å². The molecule has 0 saturated carbocycles. The van der Waals surface area contributed by atoms with E-state index in [1.54, 1.807) is 49.4 Å². The van der Waals surface area contributed by atoms with Crippen LogP contribution in [0.25, 0.3) is 0 Å². The molecule has 0 saturated heterocycles. The van der Waals surface area contributed by atoms with Crippen molar-refractivity contribution in [3.63, 3.8) is 0 Å². The molecule has 2 rings (SSSR count). The van der Waals surface area contributed by atoms with Crippen LogP contribution in [0.3, 0.4) is 0 Å². The first kappa shape index (κ1) is 29.7. The molecule has 2 aromatic rings. The molecule has 0 spiro atoms. The van der Waals surface area contributed by atoms with Crippen LogP contribution >= 0.6 is 23.2 Å². The second-order valence-corrected chi connectivity index (χ2v) is 11.1. The third-order valence-corrected chi connectivity index (χ3v) is 7.37. The number of benzene rings is 2. The Bertz CT molecular complexity index is 1140. The van der Waals surface area contributed by atoms with Crippen LogP contribution in [0.2, 0.25) is 10.0 Å². The summed E-state index contributed by atoms with van der Waals surface area (Å²) in [5.74, 6) is 0.0452. The minimum atomic E-state index is -3.58. The van der Waals surface area contributed by atoms with Crippen molar-refractivity contribution in [3.8, 4) is 5.75 Å². The Hall–Kier alpha value is -2.49. The number of methoxy groups -OCH3 is 1. The third kappa shape index (κ3) is 8.57. The van der Waals surface area contributed by atoms with Gasteiger partial charge in [0.1, 0.15) is 11.8 Å². The SMILES string of the molecule is CCCNC(=O)[C@@H](C)N(Cc1ccc(Cl)cc1Cl)C(=O)CCCN(c1ccc(OC)cc1)S(C)(=O)=O. The molecule has 36 heavy (non-hydrogen) atoms. The van der Waals surface area contributed by atoms with E-state index in [4.69, 9.17) is 27.9 Å². The van der Waals surface area contributed by atoms with Gasteiger partial charge < -0.3 is 15.0 Å². The van der Waals surface area contributed by atoms with E-state index in [9.17, 15) is 18.0 Å². The van der Waals surface area contributed by atoms with Crippen molar-refractivity contribution in [2.75, 3.05) is 30.8 Å². The molecule has 0 fully saturated rings. The lowest BCUT2D eigenvalue weighted by Gasteiger charge is -2.29. The quantitative estimate of drug-likeness (QED) is 0.391. The molecule has 2 amide bonds. The molecular weight excluding hydrogens is 525 g/mol. The van der Waals surface area contributed by atoms with E-state index in [0.717, 1.165) is 12.7 Å². The van der Waals surface area contributed by atoms with Crippen molar-refractivity contribution in [1.29, 1.82) is 0 Å². The topological polar surface area (TPSA) is 96.0 Å². The zero-order valence-electron chi connectivity index (χ0n) is 21.0. The number of hydrogen-bond donors (Lipinski definition) is 1. The molecular formula is C25H33Cl2N3O5S. The van der Waals surface area contributed by atoms with Gasteiger partial charge in [-0.3, -0.25) is 13.9 Å². The van der Waals surface area contributed by atoms with E-state index in [-0.39, 0.29) is 37.7 Å². The fourth-order valence-electron chi connectivity index (χ4n) is 3.56. The molecule has 0 unspecified atom stereocenters. The summed E-state index contributed by atoms with van der Waals surface area (Å²) < 4.78 is 31.2. The lowest BCUT2D eigenvalue weighted by Crippen LogP contribution is -2.48. The summed E-state index contributed by atoms with van der Waals surface area (Å²) in [5, 5.41) is 3.68. The molecule has 0 aliphatic rings. The minimum Gasteiger partial charge on any atom is -0.497 e. The molecule has 198 valence electrons. The van der Waals surface area contributed by atoms with Crippen LogP contribution in [0.5, 0.6) is 5.75 Å². The van der Waals surface area contributed by atoms with Crippen molar-refractivity contribution >= 4 is 50.7 Å². The van der Waals surface area contributed by atoms with Crippen LogP contribution in [0.15, 0.2) is 42.5 Å². The fraction of sp³-hybridized carbons (Fsp3) is 0.440. The van der Waals surface area contributed by atoms with Gasteiger partial charge in [0.2, 0.25) is 21.8 Å². The second-order valence-electron chi connectivity index (χ2n) is 8.36. The number of anilines is 1. The average molecular weight is 559 g/mol. The van der Waals surface area contributed by atoms with Gasteiger partial charge in [0.15, 0.2) is 0 Å². The zero-order chi connectivity index (χ0) is 26.9. The maximum absolute atomic E-state index is 13.3. The number of carbonyl (C=O) groups is 2. The van der Waals surface area contributed by atoms with E-state index in [1.165, 1.54) is 16.3 Å². The second kappa shape index (κ2) is 13.7. The number of sulfonamides is 1. The number of amides is 2. The Morgan fingerprint density at radius 3 is 2.33 bits per heavy atom. The standard InChI is InChI=1S/C25H33Cl2N3O5S/c1-5-14-28-25(32)18(2)29(17-19-8-9-20(26)16-23(19)27)24(31)7-6-15-30(36(4,33)34)21-10-12-22(35-3)13-11-21/h8-13,16,18H,5-7,14-15,17H2,1-4H3,(H,28,32)/t18-/m1/s1. The highest BCUT2D eigenvalue weighted by Gasteiger charge is 2.27. The lowest BCUT2D eigenvalue weighted by molar-refractivity contribution is -0.140. The number of hydrogen-bond acceptors (Lipinski definition) is 5. The third-order valence-electron chi connectivity index (χ3n) is 5.58. The number of carbonyl (C=O) groups excluding carboxylic acids is 2. The number of nitrogens with one attached hydrogen (secondary N) is 1. The van der Waals surface area contributed by atoms with Crippen molar-refractivity contribution in [1.82, 2.24) is 10.2 Å². The normalized spacial score (nSPS) is 12.1. The van der Waals surface area contributed by atoms with Gasteiger partial charge in [-0.05, 0) is 61.7 Å². The summed E-state index contributed by atoms with van der Waals surface area (Å²) in [5.41, 5.74) is 1.13. The van der Waals surface area contributed by atoms with Crippen molar-refractivity contribution in [3.05, 3.63) is 58.1 Å². The van der Waals surface area contributed by atoms with Crippen LogP contribution in [-0.2, 0) is 26.2 Å². The van der Waals surface area contributed by atoms with Crippen molar-refractivity contribution < 1.29 is 22.7 Å². The molecule has 11 heteroatoms. The van der Waals surface area contributed by atoms with Gasteiger partial charge in [-0.2, -0.15) is 0 Å². The van der Waals surface area contributed by atoms with Crippen LogP contribution in [0.1, 0.15) is 38.7 Å². The molecule has 0 aliphatic heterocycles. The van der Waals surface area contributed by atoms with E-state index >= 15 is 0 Å². The smallest absolute Gasteiger partial charge is 0.242 e. The van der Waals surface area contributed by atoms with Crippen LogP contribution < -0.4 is 14.4 Å². The Morgan fingerprint density at radius 2 is 1.78 bits per heavy atom. The van der Waals surface area contributed by atoms with Gasteiger partial charge in [0.25, 0.3) is 0 Å². The molecule has 1 atom stereocenters. The summed E-state index contributed by atoms with van der Waals surface area (Å²) >= 11 is 12.3. The highest BCUT2D eigenvalue weighted by molar-refractivity contribution is 7.92. The zero-order valence-corrected chi connectivity index (χ0v) is 23.3. The van der Waals surface area contributed by atoms with Gasteiger partial charge in [-0.1, -0.05) is 36.2 Å². The van der Waals surface area contributed by atoms with E-state index in [1.807, 2.05) is 6.92 Å². The van der Waals surface area contributed by atoms with Gasteiger partial charge in [0, 0.05) is 36.1 Å². The minimum absolute atomic E-state index is 0.0405. The van der Waals surface area contributed by atoms with E-state index in [0.29, 0.717) is 33.6 Å². The first-order valence-electron chi connectivity index (χ1n) is 11.6. The monoisotopic (exact) mass is 557 g/mol. The Labute approximate surface area is 223 Å². The predicted molar refractivity (Wildman–Crippen MR) is 144 cm³/mol. The average Bonchev–Trinajstić information content (AvgIpc) is 2.83. The lowest BCUT2D eigenvalue weighted by atomic mass is 10.1. The van der Waals surface area contributed by atoms with E-state index in [2.05, 4.69) is 5.32 Å². The van der Waals surface area contributed by atoms with E-state index < -0.39 is 16.1 Å². The molecule has 2 aromatic carbocycles. The Balaban J connectivity index is 2.18. The number of nitrogens with zero attached hydrogens (tertiary/aromatic N) is 2. The summed E-state index contributed by atoms with van der Waals surface area (Å²) in [6.07, 6.45) is 2.18. The van der Waals surface area contributed by atoms with Gasteiger partial charge in [0.05, 0.1) is 19.1 Å². The molecule has 0 bridgehead atoms. The predicted octanol–water partition coefficient (Wildman–Crippen LogP) is 4.49. The number of rotatable bonds is 13. The fourth-order valence-corrected chi connectivity index (χ4v) is 5.00. The van der Waals surface area contributed by atoms with Gasteiger partial charge >= 0.3 is 0 Å². The molecule has 8 nitrogen and oxygen atoms in total. The molecule has 0 radical (unpaired) electrons. The largest absolute Gasteiger partial charge is 0.497 e. The molecule has 0 heterocycles. The summed E-state index contributed by atoms with van der Waals surface area (Å²) in [6.45, 7) is 4.31. The number of halogens is 2. The molecule has 0 aliphatic carbocycles. The number of ether oxygens (including phenoxy) is 1. The highest BCUT2D eigenvalue weighted by Crippen LogP contribution is 2.25. The van der Waals surface area contributed by atoms with Gasteiger partial charge in [-0.15, -0.1) is 0 Å². The van der Waals surface area contributed by atoms with Crippen LogP contribution in [0, 0.1) is 0 Å². The highest BCUT2D eigenvalue weighted by atomic mass is 35.5. The maximum atomic E-state index is 13.3. The Kier molecular flexibility index (Phi) is 11.3. The summed E-state index contributed by atoms with van der Waals surface area (Å²) in [6, 6.07) is 10.9.